The molecule has 19 heavy (non-hydrogen) atoms. The molecular formula is C15H16N2O2. The first-order chi connectivity index (χ1) is 9.10. The van der Waals surface area contributed by atoms with Crippen molar-refractivity contribution in [3.8, 4) is 23.6 Å². The molecular weight excluding hydrogens is 240 g/mol. The molecule has 0 saturated carbocycles. The first-order valence-electron chi connectivity index (χ1n) is 5.93. The standard InChI is InChI=1S/C15H16N2O2/c1-11(2)10-19-14-5-4-12(7-15(14)18-3)6-13(8-16)9-17/h4-7,11H,10H2,1-3H3. The number of hydrogen-bond donors (Lipinski definition) is 0. The molecule has 1 aromatic rings. The van der Waals surface area contributed by atoms with Gasteiger partial charge in [-0.3, -0.25) is 0 Å². The first-order valence-corrected chi connectivity index (χ1v) is 5.93. The molecule has 0 saturated heterocycles. The van der Waals surface area contributed by atoms with Crippen molar-refractivity contribution >= 4 is 6.08 Å². The van der Waals surface area contributed by atoms with Gasteiger partial charge in [0.15, 0.2) is 11.5 Å². The Balaban J connectivity index is 3.00. The third-order valence-corrected chi connectivity index (χ3v) is 2.31. The van der Waals surface area contributed by atoms with E-state index in [4.69, 9.17) is 20.0 Å². The lowest BCUT2D eigenvalue weighted by atomic mass is 10.1. The molecule has 0 radical (unpaired) electrons. The molecule has 0 N–H and O–H groups in total. The number of benzene rings is 1. The summed E-state index contributed by atoms with van der Waals surface area (Å²) in [5.41, 5.74) is 0.782. The maximum Gasteiger partial charge on any atom is 0.161 e. The van der Waals surface area contributed by atoms with E-state index in [1.165, 1.54) is 6.08 Å². The molecule has 0 bridgehead atoms. The molecule has 1 aromatic carbocycles. The average Bonchev–Trinajstić information content (AvgIpc) is 2.42. The topological polar surface area (TPSA) is 66.0 Å². The zero-order valence-corrected chi connectivity index (χ0v) is 11.3. The van der Waals surface area contributed by atoms with Gasteiger partial charge in [0.25, 0.3) is 0 Å². The lowest BCUT2D eigenvalue weighted by molar-refractivity contribution is 0.257. The summed E-state index contributed by atoms with van der Waals surface area (Å²) in [6.07, 6.45) is 1.51. The monoisotopic (exact) mass is 256 g/mol. The number of methoxy groups -OCH3 is 1. The molecule has 0 aliphatic rings. The minimum Gasteiger partial charge on any atom is -0.493 e. The van der Waals surface area contributed by atoms with Gasteiger partial charge >= 0.3 is 0 Å². The van der Waals surface area contributed by atoms with Crippen molar-refractivity contribution in [3.05, 3.63) is 29.3 Å². The van der Waals surface area contributed by atoms with Gasteiger partial charge in [0.1, 0.15) is 17.7 Å². The fourth-order valence-corrected chi connectivity index (χ4v) is 1.41. The SMILES string of the molecule is COc1cc(C=C(C#N)C#N)ccc1OCC(C)C. The third kappa shape index (κ3) is 4.37. The van der Waals surface area contributed by atoms with Crippen molar-refractivity contribution in [1.29, 1.82) is 10.5 Å². The van der Waals surface area contributed by atoms with E-state index in [1.807, 2.05) is 12.1 Å². The van der Waals surface area contributed by atoms with Gasteiger partial charge in [0.05, 0.1) is 13.7 Å². The Kier molecular flexibility index (Phi) is 5.44. The minimum atomic E-state index is 0.0536. The van der Waals surface area contributed by atoms with E-state index < -0.39 is 0 Å². The van der Waals surface area contributed by atoms with Gasteiger partial charge in [-0.15, -0.1) is 0 Å². The molecule has 0 unspecified atom stereocenters. The van der Waals surface area contributed by atoms with E-state index >= 15 is 0 Å². The molecule has 98 valence electrons. The fraction of sp³-hybridized carbons (Fsp3) is 0.333. The van der Waals surface area contributed by atoms with Crippen LogP contribution in [0.5, 0.6) is 11.5 Å². The minimum absolute atomic E-state index is 0.0536. The van der Waals surface area contributed by atoms with E-state index in [1.54, 1.807) is 25.3 Å². The van der Waals surface area contributed by atoms with Gasteiger partial charge in [-0.1, -0.05) is 19.9 Å². The molecule has 0 aromatic heterocycles. The molecule has 0 amide bonds. The summed E-state index contributed by atoms with van der Waals surface area (Å²) in [6, 6.07) is 8.94. The van der Waals surface area contributed by atoms with Crippen LogP contribution >= 0.6 is 0 Å². The van der Waals surface area contributed by atoms with Crippen molar-refractivity contribution < 1.29 is 9.47 Å². The molecule has 1 rings (SSSR count). The summed E-state index contributed by atoms with van der Waals surface area (Å²) in [5, 5.41) is 17.4. The highest BCUT2D eigenvalue weighted by Gasteiger charge is 2.06. The van der Waals surface area contributed by atoms with Crippen LogP contribution in [0.2, 0.25) is 0 Å². The maximum absolute atomic E-state index is 8.72. The Hall–Kier alpha value is -2.46. The number of nitrogens with zero attached hydrogens (tertiary/aromatic N) is 2. The van der Waals surface area contributed by atoms with Crippen LogP contribution in [0.25, 0.3) is 6.08 Å². The highest BCUT2D eigenvalue weighted by atomic mass is 16.5. The number of nitriles is 2. The molecule has 0 fully saturated rings. The molecule has 0 atom stereocenters. The van der Waals surface area contributed by atoms with Crippen molar-refractivity contribution in [2.24, 2.45) is 5.92 Å². The predicted octanol–water partition coefficient (Wildman–Crippen LogP) is 3.16. The summed E-state index contributed by atoms with van der Waals surface area (Å²) in [4.78, 5) is 0. The van der Waals surface area contributed by atoms with Crippen LogP contribution in [0.4, 0.5) is 0 Å². The van der Waals surface area contributed by atoms with Gasteiger partial charge in [-0.25, -0.2) is 0 Å². The van der Waals surface area contributed by atoms with Crippen LogP contribution in [0.1, 0.15) is 19.4 Å². The number of allylic oxidation sites excluding steroid dienone is 1. The van der Waals surface area contributed by atoms with Gasteiger partial charge in [0, 0.05) is 0 Å². The maximum atomic E-state index is 8.72. The first kappa shape index (κ1) is 14.6. The molecule has 4 nitrogen and oxygen atoms in total. The van der Waals surface area contributed by atoms with Crippen molar-refractivity contribution in [1.82, 2.24) is 0 Å². The summed E-state index contributed by atoms with van der Waals surface area (Å²) in [6.45, 7) is 4.73. The van der Waals surface area contributed by atoms with Gasteiger partial charge in [-0.05, 0) is 29.7 Å². The van der Waals surface area contributed by atoms with Crippen LogP contribution in [-0.2, 0) is 0 Å². The Morgan fingerprint density at radius 2 is 1.95 bits per heavy atom. The second kappa shape index (κ2) is 7.08. The lowest BCUT2D eigenvalue weighted by Crippen LogP contribution is -2.05. The Morgan fingerprint density at radius 3 is 2.47 bits per heavy atom. The van der Waals surface area contributed by atoms with E-state index in [0.717, 1.165) is 5.56 Å². The van der Waals surface area contributed by atoms with Crippen LogP contribution in [0, 0.1) is 28.6 Å². The average molecular weight is 256 g/mol. The Bertz CT molecular complexity index is 532. The van der Waals surface area contributed by atoms with Gasteiger partial charge < -0.3 is 9.47 Å². The van der Waals surface area contributed by atoms with Gasteiger partial charge in [-0.2, -0.15) is 10.5 Å². The van der Waals surface area contributed by atoms with E-state index in [2.05, 4.69) is 13.8 Å². The molecule has 0 spiro atoms. The van der Waals surface area contributed by atoms with Crippen LogP contribution in [-0.4, -0.2) is 13.7 Å². The van der Waals surface area contributed by atoms with E-state index in [9.17, 15) is 0 Å². The second-order valence-electron chi connectivity index (χ2n) is 4.40. The summed E-state index contributed by atoms with van der Waals surface area (Å²) < 4.78 is 10.9. The number of hydrogen-bond acceptors (Lipinski definition) is 4. The van der Waals surface area contributed by atoms with Crippen molar-refractivity contribution in [2.45, 2.75) is 13.8 Å². The highest BCUT2D eigenvalue weighted by Crippen LogP contribution is 2.29. The molecule has 0 aliphatic carbocycles. The zero-order valence-electron chi connectivity index (χ0n) is 11.3. The van der Waals surface area contributed by atoms with E-state index in [-0.39, 0.29) is 5.57 Å². The largest absolute Gasteiger partial charge is 0.493 e. The highest BCUT2D eigenvalue weighted by molar-refractivity contribution is 5.64. The quantitative estimate of drug-likeness (QED) is 0.759. The van der Waals surface area contributed by atoms with Crippen LogP contribution in [0.3, 0.4) is 0 Å². The van der Waals surface area contributed by atoms with E-state index in [0.29, 0.717) is 24.0 Å². The summed E-state index contributed by atoms with van der Waals surface area (Å²) >= 11 is 0. The number of ether oxygens (including phenoxy) is 2. The molecule has 4 heteroatoms. The Labute approximate surface area is 113 Å². The summed E-state index contributed by atoms with van der Waals surface area (Å²) in [7, 11) is 1.56. The third-order valence-electron chi connectivity index (χ3n) is 2.31. The smallest absolute Gasteiger partial charge is 0.161 e. The van der Waals surface area contributed by atoms with Gasteiger partial charge in [0.2, 0.25) is 0 Å². The van der Waals surface area contributed by atoms with Crippen LogP contribution < -0.4 is 9.47 Å². The Morgan fingerprint density at radius 1 is 1.26 bits per heavy atom. The normalized spacial score (nSPS) is 9.37. The van der Waals surface area contributed by atoms with Crippen LogP contribution in [0.15, 0.2) is 23.8 Å². The molecule has 0 heterocycles. The zero-order chi connectivity index (χ0) is 14.3. The van der Waals surface area contributed by atoms with Crippen molar-refractivity contribution in [2.75, 3.05) is 13.7 Å². The lowest BCUT2D eigenvalue weighted by Gasteiger charge is -2.12. The fourth-order valence-electron chi connectivity index (χ4n) is 1.41. The summed E-state index contributed by atoms with van der Waals surface area (Å²) in [5.74, 6) is 1.67. The van der Waals surface area contributed by atoms with Crippen molar-refractivity contribution in [3.63, 3.8) is 0 Å². The second-order valence-corrected chi connectivity index (χ2v) is 4.40. The molecule has 0 aliphatic heterocycles. The number of rotatable bonds is 5. The predicted molar refractivity (Wildman–Crippen MR) is 72.5 cm³/mol.